The Morgan fingerprint density at radius 2 is 1.79 bits per heavy atom. The number of anilines is 1. The number of carbonyl (C=O) groups excluding carboxylic acids is 1. The highest BCUT2D eigenvalue weighted by Gasteiger charge is 2.24. The molecule has 0 aliphatic heterocycles. The Morgan fingerprint density at radius 1 is 1.21 bits per heavy atom. The van der Waals surface area contributed by atoms with Crippen LogP contribution in [-0.4, -0.2) is 25.7 Å². The van der Waals surface area contributed by atoms with Crippen molar-refractivity contribution in [3.63, 3.8) is 0 Å². The molecule has 0 aliphatic rings. The highest BCUT2D eigenvalue weighted by Crippen LogP contribution is 2.37. The molecule has 0 fully saturated rings. The molecule has 3 N–H and O–H groups in total. The van der Waals surface area contributed by atoms with Crippen molar-refractivity contribution in [2.24, 2.45) is 5.73 Å². The van der Waals surface area contributed by atoms with E-state index in [2.05, 4.69) is 5.32 Å². The number of rotatable bonds is 4. The average molecular weight is 266 g/mol. The van der Waals surface area contributed by atoms with Gasteiger partial charge in [0.2, 0.25) is 5.91 Å². The molecule has 0 radical (unpaired) electrons. The van der Waals surface area contributed by atoms with Gasteiger partial charge in [-0.3, -0.25) is 4.79 Å². The summed E-state index contributed by atoms with van der Waals surface area (Å²) in [4.78, 5) is 12.0. The van der Waals surface area contributed by atoms with Gasteiger partial charge < -0.3 is 20.5 Å². The molecule has 1 rings (SSSR count). The summed E-state index contributed by atoms with van der Waals surface area (Å²) in [6.07, 6.45) is 0. The Labute approximate surface area is 114 Å². The summed E-state index contributed by atoms with van der Waals surface area (Å²) in [7, 11) is 3.16. The second-order valence-electron chi connectivity index (χ2n) is 5.09. The number of benzene rings is 1. The molecule has 1 aromatic carbocycles. The number of hydrogen-bond acceptors (Lipinski definition) is 4. The van der Waals surface area contributed by atoms with E-state index in [-0.39, 0.29) is 5.91 Å². The summed E-state index contributed by atoms with van der Waals surface area (Å²) in [6.45, 7) is 7.15. The minimum atomic E-state index is -0.961. The fourth-order valence-corrected chi connectivity index (χ4v) is 1.71. The zero-order chi connectivity index (χ0) is 14.8. The third-order valence-electron chi connectivity index (χ3n) is 3.05. The predicted octanol–water partition coefficient (Wildman–Crippen LogP) is 2.00. The van der Waals surface area contributed by atoms with Crippen LogP contribution in [0.3, 0.4) is 0 Å². The van der Waals surface area contributed by atoms with Gasteiger partial charge in [0.15, 0.2) is 0 Å². The van der Waals surface area contributed by atoms with Crippen LogP contribution in [0.25, 0.3) is 0 Å². The van der Waals surface area contributed by atoms with Crippen molar-refractivity contribution < 1.29 is 14.3 Å². The number of methoxy groups -OCH3 is 2. The van der Waals surface area contributed by atoms with Crippen LogP contribution in [0.5, 0.6) is 11.5 Å². The smallest absolute Gasteiger partial charge is 0.243 e. The van der Waals surface area contributed by atoms with Gasteiger partial charge in [0.1, 0.15) is 11.5 Å². The standard InChI is InChI=1S/C14H22N2O3/c1-8-9(2)12(19-6)10(7-11(8)18-5)16-13(17)14(3,4)15/h7H,15H2,1-6H3,(H,16,17). The van der Waals surface area contributed by atoms with Crippen LogP contribution in [0.15, 0.2) is 6.07 Å². The summed E-state index contributed by atoms with van der Waals surface area (Å²) >= 11 is 0. The van der Waals surface area contributed by atoms with E-state index in [1.54, 1.807) is 34.1 Å². The first-order valence-electron chi connectivity index (χ1n) is 6.04. The van der Waals surface area contributed by atoms with Crippen molar-refractivity contribution in [3.8, 4) is 11.5 Å². The monoisotopic (exact) mass is 266 g/mol. The summed E-state index contributed by atoms with van der Waals surface area (Å²) in [5.41, 5.74) is 7.27. The number of carbonyl (C=O) groups is 1. The van der Waals surface area contributed by atoms with Crippen molar-refractivity contribution in [2.75, 3.05) is 19.5 Å². The lowest BCUT2D eigenvalue weighted by Gasteiger charge is -2.21. The second kappa shape index (κ2) is 5.48. The SMILES string of the molecule is COc1cc(NC(=O)C(C)(C)N)c(OC)c(C)c1C. The van der Waals surface area contributed by atoms with Crippen LogP contribution >= 0.6 is 0 Å². The highest BCUT2D eigenvalue weighted by molar-refractivity contribution is 5.99. The first-order valence-corrected chi connectivity index (χ1v) is 6.04. The van der Waals surface area contributed by atoms with Crippen LogP contribution in [0.2, 0.25) is 0 Å². The van der Waals surface area contributed by atoms with E-state index in [9.17, 15) is 4.79 Å². The first kappa shape index (κ1) is 15.3. The Hall–Kier alpha value is -1.75. The fourth-order valence-electron chi connectivity index (χ4n) is 1.71. The lowest BCUT2D eigenvalue weighted by molar-refractivity contribution is -0.120. The molecule has 0 atom stereocenters. The second-order valence-corrected chi connectivity index (χ2v) is 5.09. The van der Waals surface area contributed by atoms with Gasteiger partial charge in [0, 0.05) is 6.07 Å². The first-order chi connectivity index (χ1) is 8.72. The quantitative estimate of drug-likeness (QED) is 0.874. The third-order valence-corrected chi connectivity index (χ3v) is 3.05. The van der Waals surface area contributed by atoms with Gasteiger partial charge in [0.05, 0.1) is 25.4 Å². The van der Waals surface area contributed by atoms with Gasteiger partial charge in [0.25, 0.3) is 0 Å². The zero-order valence-electron chi connectivity index (χ0n) is 12.4. The minimum Gasteiger partial charge on any atom is -0.496 e. The van der Waals surface area contributed by atoms with Gasteiger partial charge in [-0.05, 0) is 38.8 Å². The van der Waals surface area contributed by atoms with Gasteiger partial charge in [-0.25, -0.2) is 0 Å². The largest absolute Gasteiger partial charge is 0.496 e. The topological polar surface area (TPSA) is 73.6 Å². The molecule has 1 amide bonds. The molecule has 19 heavy (non-hydrogen) atoms. The molecule has 106 valence electrons. The van der Waals surface area contributed by atoms with Crippen LogP contribution in [0.4, 0.5) is 5.69 Å². The van der Waals surface area contributed by atoms with Gasteiger partial charge in [-0.1, -0.05) is 0 Å². The van der Waals surface area contributed by atoms with E-state index in [0.717, 1.165) is 11.1 Å². The van der Waals surface area contributed by atoms with Crippen LogP contribution in [0, 0.1) is 13.8 Å². The number of hydrogen-bond donors (Lipinski definition) is 2. The normalized spacial score (nSPS) is 11.1. The van der Waals surface area contributed by atoms with Gasteiger partial charge in [-0.2, -0.15) is 0 Å². The molecular weight excluding hydrogens is 244 g/mol. The summed E-state index contributed by atoms with van der Waals surface area (Å²) in [6, 6.07) is 1.74. The van der Waals surface area contributed by atoms with E-state index < -0.39 is 5.54 Å². The van der Waals surface area contributed by atoms with Crippen molar-refractivity contribution in [3.05, 3.63) is 17.2 Å². The number of nitrogens with two attached hydrogens (primary N) is 1. The number of ether oxygens (including phenoxy) is 2. The van der Waals surface area contributed by atoms with E-state index >= 15 is 0 Å². The van der Waals surface area contributed by atoms with Crippen LogP contribution in [-0.2, 0) is 4.79 Å². The lowest BCUT2D eigenvalue weighted by Crippen LogP contribution is -2.45. The molecule has 0 unspecified atom stereocenters. The molecule has 0 bridgehead atoms. The molecule has 5 heteroatoms. The highest BCUT2D eigenvalue weighted by atomic mass is 16.5. The van der Waals surface area contributed by atoms with Gasteiger partial charge in [-0.15, -0.1) is 0 Å². The molecule has 0 saturated heterocycles. The predicted molar refractivity (Wildman–Crippen MR) is 75.9 cm³/mol. The molecule has 5 nitrogen and oxygen atoms in total. The minimum absolute atomic E-state index is 0.281. The molecular formula is C14H22N2O3. The Morgan fingerprint density at radius 3 is 2.21 bits per heavy atom. The van der Waals surface area contributed by atoms with E-state index in [1.807, 2.05) is 13.8 Å². The maximum absolute atomic E-state index is 12.0. The van der Waals surface area contributed by atoms with Crippen molar-refractivity contribution >= 4 is 11.6 Å². The van der Waals surface area contributed by atoms with E-state index in [0.29, 0.717) is 17.2 Å². The molecule has 0 saturated carbocycles. The van der Waals surface area contributed by atoms with Gasteiger partial charge >= 0.3 is 0 Å². The molecule has 1 aromatic rings. The Balaban J connectivity index is 3.27. The Bertz CT molecular complexity index is 490. The fraction of sp³-hybridized carbons (Fsp3) is 0.500. The maximum atomic E-state index is 12.0. The van der Waals surface area contributed by atoms with Crippen LogP contribution < -0.4 is 20.5 Å². The summed E-state index contributed by atoms with van der Waals surface area (Å²) < 4.78 is 10.7. The molecule has 0 aromatic heterocycles. The van der Waals surface area contributed by atoms with Crippen molar-refractivity contribution in [1.29, 1.82) is 0 Å². The molecule has 0 heterocycles. The van der Waals surface area contributed by atoms with E-state index in [4.69, 9.17) is 15.2 Å². The number of amides is 1. The van der Waals surface area contributed by atoms with E-state index in [1.165, 1.54) is 0 Å². The summed E-state index contributed by atoms with van der Waals surface area (Å²) in [5, 5.41) is 2.78. The Kier molecular flexibility index (Phi) is 4.42. The lowest BCUT2D eigenvalue weighted by atomic mass is 10.0. The third kappa shape index (κ3) is 3.17. The van der Waals surface area contributed by atoms with Crippen LogP contribution in [0.1, 0.15) is 25.0 Å². The molecule has 0 aliphatic carbocycles. The average Bonchev–Trinajstić information content (AvgIpc) is 2.32. The maximum Gasteiger partial charge on any atom is 0.243 e. The summed E-state index contributed by atoms with van der Waals surface area (Å²) in [5.74, 6) is 1.04. The zero-order valence-corrected chi connectivity index (χ0v) is 12.4. The van der Waals surface area contributed by atoms with Crippen molar-refractivity contribution in [2.45, 2.75) is 33.2 Å². The molecule has 0 spiro atoms. The van der Waals surface area contributed by atoms with Crippen molar-refractivity contribution in [1.82, 2.24) is 0 Å². The number of nitrogens with one attached hydrogen (secondary N) is 1.